The maximum Gasteiger partial charge on any atom is 0.0218 e. The van der Waals surface area contributed by atoms with Crippen molar-refractivity contribution in [2.24, 2.45) is 5.92 Å². The summed E-state index contributed by atoms with van der Waals surface area (Å²) in [4.78, 5) is 4.15. The smallest absolute Gasteiger partial charge is 0.0218 e. The Morgan fingerprint density at radius 2 is 2.29 bits per heavy atom. The quantitative estimate of drug-likeness (QED) is 0.886. The molecule has 0 aromatic carbocycles. The van der Waals surface area contributed by atoms with Crippen LogP contribution < -0.4 is 5.32 Å². The van der Waals surface area contributed by atoms with Crippen molar-refractivity contribution >= 4 is 11.3 Å². The third-order valence-electron chi connectivity index (χ3n) is 3.74. The van der Waals surface area contributed by atoms with Crippen molar-refractivity contribution in [2.45, 2.75) is 39.3 Å². The Bertz CT molecular complexity index is 321. The van der Waals surface area contributed by atoms with E-state index in [-0.39, 0.29) is 0 Å². The van der Waals surface area contributed by atoms with Gasteiger partial charge in [0.15, 0.2) is 0 Å². The molecule has 1 saturated heterocycles. The van der Waals surface area contributed by atoms with Crippen LogP contribution in [-0.2, 0) is 6.42 Å². The molecule has 0 bridgehead atoms. The summed E-state index contributed by atoms with van der Waals surface area (Å²) in [5.41, 5.74) is 0. The molecule has 3 heteroatoms. The predicted octanol–water partition coefficient (Wildman–Crippen LogP) is 2.61. The van der Waals surface area contributed by atoms with Gasteiger partial charge >= 0.3 is 0 Å². The Morgan fingerprint density at radius 3 is 2.94 bits per heavy atom. The minimum absolute atomic E-state index is 0.662. The summed E-state index contributed by atoms with van der Waals surface area (Å²) in [7, 11) is 0. The highest BCUT2D eigenvalue weighted by molar-refractivity contribution is 7.09. The molecule has 0 amide bonds. The Kier molecular flexibility index (Phi) is 4.60. The summed E-state index contributed by atoms with van der Waals surface area (Å²) in [5.74, 6) is 0.728. The normalized spacial score (nSPS) is 24.1. The van der Waals surface area contributed by atoms with Gasteiger partial charge < -0.3 is 5.32 Å². The molecule has 0 saturated carbocycles. The van der Waals surface area contributed by atoms with E-state index in [1.807, 2.05) is 11.3 Å². The number of nitrogens with zero attached hydrogens (tertiary/aromatic N) is 1. The molecule has 2 atom stereocenters. The summed E-state index contributed by atoms with van der Waals surface area (Å²) < 4.78 is 0. The summed E-state index contributed by atoms with van der Waals surface area (Å²) in [5, 5.41) is 5.80. The fourth-order valence-corrected chi connectivity index (χ4v) is 3.32. The van der Waals surface area contributed by atoms with E-state index in [0.29, 0.717) is 12.1 Å². The highest BCUT2D eigenvalue weighted by atomic mass is 32.1. The lowest BCUT2D eigenvalue weighted by Crippen LogP contribution is -2.55. The lowest BCUT2D eigenvalue weighted by atomic mass is 10.0. The Morgan fingerprint density at radius 1 is 1.47 bits per heavy atom. The van der Waals surface area contributed by atoms with Crippen LogP contribution in [0.25, 0.3) is 0 Å². The van der Waals surface area contributed by atoms with E-state index in [2.05, 4.69) is 48.5 Å². The van der Waals surface area contributed by atoms with Crippen molar-refractivity contribution in [3.05, 3.63) is 22.4 Å². The van der Waals surface area contributed by atoms with Gasteiger partial charge in [0.25, 0.3) is 0 Å². The molecule has 1 N–H and O–H groups in total. The number of rotatable bonds is 4. The number of thiophene rings is 1. The van der Waals surface area contributed by atoms with E-state index in [9.17, 15) is 0 Å². The zero-order valence-corrected chi connectivity index (χ0v) is 12.0. The molecule has 96 valence electrons. The van der Waals surface area contributed by atoms with Crippen LogP contribution in [0.5, 0.6) is 0 Å². The van der Waals surface area contributed by atoms with Crippen molar-refractivity contribution in [2.75, 3.05) is 19.6 Å². The number of piperazine rings is 1. The number of nitrogens with one attached hydrogen (secondary N) is 1. The topological polar surface area (TPSA) is 15.3 Å². The van der Waals surface area contributed by atoms with Crippen molar-refractivity contribution in [1.29, 1.82) is 0 Å². The van der Waals surface area contributed by atoms with Gasteiger partial charge in [-0.25, -0.2) is 0 Å². The van der Waals surface area contributed by atoms with Crippen molar-refractivity contribution in [3.8, 4) is 0 Å². The van der Waals surface area contributed by atoms with Gasteiger partial charge in [0.05, 0.1) is 0 Å². The monoisotopic (exact) mass is 252 g/mol. The second-order valence-corrected chi connectivity index (χ2v) is 6.46. The molecular formula is C14H24N2S. The second-order valence-electron chi connectivity index (χ2n) is 5.43. The lowest BCUT2D eigenvalue weighted by molar-refractivity contribution is 0.134. The highest BCUT2D eigenvalue weighted by Gasteiger charge is 2.24. The van der Waals surface area contributed by atoms with Crippen LogP contribution in [0.1, 0.15) is 25.6 Å². The molecule has 1 fully saturated rings. The Hall–Kier alpha value is -0.380. The molecule has 17 heavy (non-hydrogen) atoms. The molecule has 2 unspecified atom stereocenters. The number of hydrogen-bond acceptors (Lipinski definition) is 3. The summed E-state index contributed by atoms with van der Waals surface area (Å²) in [6.07, 6.45) is 1.20. The molecule has 1 aromatic heterocycles. The van der Waals surface area contributed by atoms with Crippen LogP contribution in [0, 0.1) is 5.92 Å². The molecule has 2 rings (SSSR count). The van der Waals surface area contributed by atoms with Crippen LogP contribution in [0.3, 0.4) is 0 Å². The van der Waals surface area contributed by atoms with Gasteiger partial charge in [-0.3, -0.25) is 4.90 Å². The molecule has 0 aliphatic carbocycles. The van der Waals surface area contributed by atoms with E-state index < -0.39 is 0 Å². The van der Waals surface area contributed by atoms with Crippen LogP contribution >= 0.6 is 11.3 Å². The van der Waals surface area contributed by atoms with E-state index in [0.717, 1.165) is 12.5 Å². The van der Waals surface area contributed by atoms with E-state index >= 15 is 0 Å². The van der Waals surface area contributed by atoms with Gasteiger partial charge in [-0.05, 0) is 30.7 Å². The highest BCUT2D eigenvalue weighted by Crippen LogP contribution is 2.17. The van der Waals surface area contributed by atoms with Gasteiger partial charge in [-0.1, -0.05) is 19.9 Å². The number of hydrogen-bond donors (Lipinski definition) is 1. The molecule has 1 aliphatic rings. The van der Waals surface area contributed by atoms with Crippen molar-refractivity contribution < 1.29 is 0 Å². The van der Waals surface area contributed by atoms with Crippen LogP contribution in [0.2, 0.25) is 0 Å². The first kappa shape index (κ1) is 13.1. The fourth-order valence-electron chi connectivity index (χ4n) is 2.50. The van der Waals surface area contributed by atoms with Crippen molar-refractivity contribution in [1.82, 2.24) is 10.2 Å². The van der Waals surface area contributed by atoms with Gasteiger partial charge in [-0.2, -0.15) is 0 Å². The minimum Gasteiger partial charge on any atom is -0.311 e. The summed E-state index contributed by atoms with van der Waals surface area (Å²) in [6.45, 7) is 10.5. The van der Waals surface area contributed by atoms with Crippen LogP contribution in [-0.4, -0.2) is 36.6 Å². The second kappa shape index (κ2) is 5.98. The summed E-state index contributed by atoms with van der Waals surface area (Å²) >= 11 is 1.88. The molecule has 1 aliphatic heterocycles. The largest absolute Gasteiger partial charge is 0.311 e. The van der Waals surface area contributed by atoms with Crippen molar-refractivity contribution in [3.63, 3.8) is 0 Å². The molecule has 2 nitrogen and oxygen atoms in total. The third-order valence-corrected chi connectivity index (χ3v) is 4.64. The van der Waals surface area contributed by atoms with Crippen LogP contribution in [0.15, 0.2) is 17.5 Å². The minimum atomic E-state index is 0.662. The maximum atomic E-state index is 3.62. The first-order chi connectivity index (χ1) is 8.16. The fraction of sp³-hybridized carbons (Fsp3) is 0.714. The average Bonchev–Trinajstić information content (AvgIpc) is 2.82. The van der Waals surface area contributed by atoms with Gasteiger partial charge in [0.1, 0.15) is 0 Å². The van der Waals surface area contributed by atoms with E-state index in [4.69, 9.17) is 0 Å². The molecule has 0 spiro atoms. The van der Waals surface area contributed by atoms with E-state index in [1.54, 1.807) is 0 Å². The van der Waals surface area contributed by atoms with Gasteiger partial charge in [-0.15, -0.1) is 11.3 Å². The Labute approximate surface area is 109 Å². The first-order valence-corrected chi connectivity index (χ1v) is 7.54. The molecule has 2 heterocycles. The zero-order valence-electron chi connectivity index (χ0n) is 11.1. The van der Waals surface area contributed by atoms with Gasteiger partial charge in [0.2, 0.25) is 0 Å². The zero-order chi connectivity index (χ0) is 12.3. The first-order valence-electron chi connectivity index (χ1n) is 6.66. The standard InChI is InChI=1S/C14H24N2S/c1-11(2)14-10-16(7-6-15-14)12(3)9-13-5-4-8-17-13/h4-5,8,11-12,14-15H,6-7,9-10H2,1-3H3. The predicted molar refractivity (Wildman–Crippen MR) is 75.7 cm³/mol. The SMILES string of the molecule is CC(C)C1CN(C(C)Cc2cccs2)CCN1. The average molecular weight is 252 g/mol. The van der Waals surface area contributed by atoms with Crippen LogP contribution in [0.4, 0.5) is 0 Å². The Balaban J connectivity index is 1.88. The lowest BCUT2D eigenvalue weighted by Gasteiger charge is -2.39. The van der Waals surface area contributed by atoms with E-state index in [1.165, 1.54) is 24.4 Å². The van der Waals surface area contributed by atoms with Gasteiger partial charge in [0, 0.05) is 36.6 Å². The third kappa shape index (κ3) is 3.54. The molecule has 0 radical (unpaired) electrons. The molecule has 1 aromatic rings. The summed E-state index contributed by atoms with van der Waals surface area (Å²) in [6, 6.07) is 5.73. The molecular weight excluding hydrogens is 228 g/mol. The maximum absolute atomic E-state index is 3.62.